The van der Waals surface area contributed by atoms with E-state index in [2.05, 4.69) is 15.9 Å². The third kappa shape index (κ3) is 2.97. The molecular weight excluding hydrogens is 296 g/mol. The van der Waals surface area contributed by atoms with E-state index in [-0.39, 0.29) is 11.8 Å². The van der Waals surface area contributed by atoms with Crippen molar-refractivity contribution in [1.29, 1.82) is 0 Å². The third-order valence-electron chi connectivity index (χ3n) is 3.07. The fourth-order valence-electron chi connectivity index (χ4n) is 2.03. The summed E-state index contributed by atoms with van der Waals surface area (Å²) in [6.45, 7) is 0.405. The van der Waals surface area contributed by atoms with Gasteiger partial charge in [-0.25, -0.2) is 0 Å². The van der Waals surface area contributed by atoms with Crippen LogP contribution in [0, 0.1) is 0 Å². The molecule has 18 heavy (non-hydrogen) atoms. The van der Waals surface area contributed by atoms with E-state index >= 15 is 0 Å². The number of carbonyl (C=O) groups is 2. The Balaban J connectivity index is 2.00. The summed E-state index contributed by atoms with van der Waals surface area (Å²) in [6.07, 6.45) is 1.49. The van der Waals surface area contributed by atoms with Crippen LogP contribution in [0.5, 0.6) is 0 Å². The van der Waals surface area contributed by atoms with Gasteiger partial charge in [-0.05, 0) is 30.5 Å². The summed E-state index contributed by atoms with van der Waals surface area (Å²) < 4.78 is 0.994. The van der Waals surface area contributed by atoms with E-state index in [1.54, 1.807) is 0 Å². The van der Waals surface area contributed by atoms with Crippen molar-refractivity contribution in [1.82, 2.24) is 4.90 Å². The van der Waals surface area contributed by atoms with Gasteiger partial charge in [0.15, 0.2) is 0 Å². The average molecular weight is 311 g/mol. The summed E-state index contributed by atoms with van der Waals surface area (Å²) in [5.41, 5.74) is 6.76. The maximum absolute atomic E-state index is 11.8. The summed E-state index contributed by atoms with van der Waals surface area (Å²) in [7, 11) is 0. The first-order valence-electron chi connectivity index (χ1n) is 5.92. The summed E-state index contributed by atoms with van der Waals surface area (Å²) in [5.74, 6) is -0.363. The third-order valence-corrected chi connectivity index (χ3v) is 3.56. The highest BCUT2D eigenvalue weighted by molar-refractivity contribution is 9.10. The molecule has 2 N–H and O–H groups in total. The summed E-state index contributed by atoms with van der Waals surface area (Å²) >= 11 is 3.39. The second-order valence-electron chi connectivity index (χ2n) is 4.41. The molecule has 0 aliphatic carbocycles. The van der Waals surface area contributed by atoms with Gasteiger partial charge in [0.05, 0.1) is 6.04 Å². The number of imide groups is 1. The molecule has 1 saturated heterocycles. The van der Waals surface area contributed by atoms with Crippen molar-refractivity contribution in [2.24, 2.45) is 5.73 Å². The highest BCUT2D eigenvalue weighted by Crippen LogP contribution is 2.15. The minimum Gasteiger partial charge on any atom is -0.320 e. The number of nitrogens with zero attached hydrogens (tertiary/aromatic N) is 1. The van der Waals surface area contributed by atoms with Gasteiger partial charge in [0.1, 0.15) is 0 Å². The zero-order valence-electron chi connectivity index (χ0n) is 9.93. The van der Waals surface area contributed by atoms with Gasteiger partial charge in [0.25, 0.3) is 0 Å². The van der Waals surface area contributed by atoms with Gasteiger partial charge in [-0.3, -0.25) is 14.5 Å². The van der Waals surface area contributed by atoms with Gasteiger partial charge >= 0.3 is 0 Å². The molecule has 1 aromatic carbocycles. The zero-order chi connectivity index (χ0) is 13.1. The molecule has 5 heteroatoms. The highest BCUT2D eigenvalue weighted by atomic mass is 79.9. The summed E-state index contributed by atoms with van der Waals surface area (Å²) in [4.78, 5) is 24.8. The molecule has 1 aliphatic rings. The van der Waals surface area contributed by atoms with Crippen LogP contribution < -0.4 is 5.73 Å². The van der Waals surface area contributed by atoms with Gasteiger partial charge < -0.3 is 5.73 Å². The summed E-state index contributed by atoms with van der Waals surface area (Å²) in [5, 5.41) is 0. The van der Waals surface area contributed by atoms with Crippen molar-refractivity contribution in [3.63, 3.8) is 0 Å². The summed E-state index contributed by atoms with van der Waals surface area (Å²) in [6, 6.07) is 7.31. The average Bonchev–Trinajstić information content (AvgIpc) is 2.34. The Kier molecular flexibility index (Phi) is 4.14. The van der Waals surface area contributed by atoms with Crippen LogP contribution in [0.3, 0.4) is 0 Å². The van der Waals surface area contributed by atoms with E-state index < -0.39 is 6.04 Å². The lowest BCUT2D eigenvalue weighted by molar-refractivity contribution is -0.149. The Morgan fingerprint density at radius 1 is 1.39 bits per heavy atom. The van der Waals surface area contributed by atoms with Gasteiger partial charge in [0.2, 0.25) is 11.8 Å². The Hall–Kier alpha value is -1.20. The SMILES string of the molecule is NC1CCC(=O)N(CCc2cccc(Br)c2)C1=O. The number of hydrogen-bond acceptors (Lipinski definition) is 3. The molecule has 1 unspecified atom stereocenters. The number of rotatable bonds is 3. The first-order valence-corrected chi connectivity index (χ1v) is 6.71. The van der Waals surface area contributed by atoms with Gasteiger partial charge in [-0.15, -0.1) is 0 Å². The normalized spacial score (nSPS) is 20.3. The maximum Gasteiger partial charge on any atom is 0.246 e. The predicted octanol–water partition coefficient (Wildman–Crippen LogP) is 1.47. The van der Waals surface area contributed by atoms with Crippen molar-refractivity contribution in [3.05, 3.63) is 34.3 Å². The van der Waals surface area contributed by atoms with Crippen LogP contribution in [-0.4, -0.2) is 29.3 Å². The smallest absolute Gasteiger partial charge is 0.246 e. The number of benzene rings is 1. The number of carbonyl (C=O) groups excluding carboxylic acids is 2. The minimum atomic E-state index is -0.523. The number of halogens is 1. The van der Waals surface area contributed by atoms with Crippen LogP contribution in [-0.2, 0) is 16.0 Å². The van der Waals surface area contributed by atoms with E-state index in [1.165, 1.54) is 4.90 Å². The number of likely N-dealkylation sites (tertiary alicyclic amines) is 1. The number of nitrogens with two attached hydrogens (primary N) is 1. The van der Waals surface area contributed by atoms with Crippen LogP contribution in [0.25, 0.3) is 0 Å². The van der Waals surface area contributed by atoms with Crippen molar-refractivity contribution in [2.75, 3.05) is 6.54 Å². The lowest BCUT2D eigenvalue weighted by atomic mass is 10.0. The van der Waals surface area contributed by atoms with Crippen LogP contribution in [0.2, 0.25) is 0 Å². The van der Waals surface area contributed by atoms with Crippen molar-refractivity contribution < 1.29 is 9.59 Å². The van der Waals surface area contributed by atoms with Crippen LogP contribution >= 0.6 is 15.9 Å². The van der Waals surface area contributed by atoms with Crippen molar-refractivity contribution in [2.45, 2.75) is 25.3 Å². The van der Waals surface area contributed by atoms with Crippen molar-refractivity contribution >= 4 is 27.7 Å². The Morgan fingerprint density at radius 3 is 2.89 bits per heavy atom. The van der Waals surface area contributed by atoms with Crippen LogP contribution in [0.1, 0.15) is 18.4 Å². The molecule has 1 atom stereocenters. The Labute approximate surface area is 114 Å². The predicted molar refractivity (Wildman–Crippen MR) is 71.8 cm³/mol. The highest BCUT2D eigenvalue weighted by Gasteiger charge is 2.31. The lowest BCUT2D eigenvalue weighted by Gasteiger charge is -2.28. The molecule has 1 aromatic rings. The molecule has 0 spiro atoms. The molecule has 4 nitrogen and oxygen atoms in total. The molecule has 1 fully saturated rings. The molecule has 2 rings (SSSR count). The maximum atomic E-state index is 11.8. The largest absolute Gasteiger partial charge is 0.320 e. The molecule has 0 radical (unpaired) electrons. The van der Waals surface area contributed by atoms with Crippen LogP contribution in [0.15, 0.2) is 28.7 Å². The second kappa shape index (κ2) is 5.63. The molecule has 0 bridgehead atoms. The molecule has 0 aromatic heterocycles. The van der Waals surface area contributed by atoms with Gasteiger partial charge in [0, 0.05) is 17.4 Å². The number of piperidine rings is 1. The fraction of sp³-hybridized carbons (Fsp3) is 0.385. The zero-order valence-corrected chi connectivity index (χ0v) is 11.5. The Bertz CT molecular complexity index is 476. The molecule has 2 amide bonds. The lowest BCUT2D eigenvalue weighted by Crippen LogP contribution is -2.51. The molecule has 1 heterocycles. The first kappa shape index (κ1) is 13.2. The molecule has 96 valence electrons. The minimum absolute atomic E-state index is 0.114. The topological polar surface area (TPSA) is 63.4 Å². The Morgan fingerprint density at radius 2 is 2.17 bits per heavy atom. The van der Waals surface area contributed by atoms with Gasteiger partial charge in [-0.2, -0.15) is 0 Å². The quantitative estimate of drug-likeness (QED) is 0.860. The van der Waals surface area contributed by atoms with E-state index in [0.717, 1.165) is 10.0 Å². The van der Waals surface area contributed by atoms with E-state index in [1.807, 2.05) is 24.3 Å². The van der Waals surface area contributed by atoms with Crippen LogP contribution in [0.4, 0.5) is 0 Å². The van der Waals surface area contributed by atoms with E-state index in [0.29, 0.717) is 25.8 Å². The number of amides is 2. The monoisotopic (exact) mass is 310 g/mol. The number of hydrogen-bond donors (Lipinski definition) is 1. The fourth-order valence-corrected chi connectivity index (χ4v) is 2.48. The van der Waals surface area contributed by atoms with Crippen molar-refractivity contribution in [3.8, 4) is 0 Å². The van der Waals surface area contributed by atoms with Gasteiger partial charge in [-0.1, -0.05) is 28.1 Å². The molecule has 0 saturated carbocycles. The first-order chi connectivity index (χ1) is 8.58. The standard InChI is InChI=1S/C13H15BrN2O2/c14-10-3-1-2-9(8-10)6-7-16-12(17)5-4-11(15)13(16)18/h1-3,8,11H,4-7,15H2. The van der Waals surface area contributed by atoms with E-state index in [9.17, 15) is 9.59 Å². The molecule has 1 aliphatic heterocycles. The van der Waals surface area contributed by atoms with E-state index in [4.69, 9.17) is 5.73 Å². The second-order valence-corrected chi connectivity index (χ2v) is 5.32. The molecular formula is C13H15BrN2O2.